The third-order valence-electron chi connectivity index (χ3n) is 5.36. The Labute approximate surface area is 177 Å². The van der Waals surface area contributed by atoms with E-state index in [9.17, 15) is 8.42 Å². The molecule has 28 heavy (non-hydrogen) atoms. The van der Waals surface area contributed by atoms with E-state index in [-0.39, 0.29) is 4.90 Å². The van der Waals surface area contributed by atoms with Crippen molar-refractivity contribution in [2.45, 2.75) is 36.1 Å². The molecule has 0 bridgehead atoms. The average Bonchev–Trinajstić information content (AvgIpc) is 2.70. The van der Waals surface area contributed by atoms with Crippen molar-refractivity contribution in [3.8, 4) is 0 Å². The van der Waals surface area contributed by atoms with Crippen LogP contribution < -0.4 is 4.72 Å². The molecule has 0 aliphatic carbocycles. The molecule has 0 atom stereocenters. The lowest BCUT2D eigenvalue weighted by Gasteiger charge is -2.32. The van der Waals surface area contributed by atoms with E-state index in [1.165, 1.54) is 10.5 Å². The molecule has 1 aliphatic heterocycles. The lowest BCUT2D eigenvalue weighted by Crippen LogP contribution is -2.38. The number of hydrogen-bond acceptors (Lipinski definition) is 4. The molecule has 1 N–H and O–H groups in total. The van der Waals surface area contributed by atoms with Crippen LogP contribution in [0.5, 0.6) is 0 Å². The number of rotatable bonds is 7. The van der Waals surface area contributed by atoms with Gasteiger partial charge in [0.05, 0.1) is 4.90 Å². The van der Waals surface area contributed by atoms with Gasteiger partial charge in [0, 0.05) is 23.0 Å². The molecular formula is C21H27ClN2O2S2. The highest BCUT2D eigenvalue weighted by Crippen LogP contribution is 2.25. The zero-order chi connectivity index (χ0) is 20.1. The number of benzene rings is 2. The monoisotopic (exact) mass is 438 g/mol. The van der Waals surface area contributed by atoms with Crippen LogP contribution in [0.4, 0.5) is 0 Å². The van der Waals surface area contributed by atoms with Crippen molar-refractivity contribution in [3.63, 3.8) is 0 Å². The summed E-state index contributed by atoms with van der Waals surface area (Å²) in [5, 5.41) is 0.474. The molecule has 0 radical (unpaired) electrons. The Morgan fingerprint density at radius 1 is 1.14 bits per heavy atom. The van der Waals surface area contributed by atoms with Gasteiger partial charge in [0.2, 0.25) is 10.0 Å². The minimum absolute atomic E-state index is 0.270. The number of hydrogen-bond donors (Lipinski definition) is 1. The topological polar surface area (TPSA) is 49.4 Å². The molecule has 1 saturated heterocycles. The maximum absolute atomic E-state index is 12.6. The normalized spacial score (nSPS) is 16.4. The van der Waals surface area contributed by atoms with Crippen molar-refractivity contribution in [3.05, 3.63) is 58.6 Å². The SMILES string of the molecule is CSc1ccccc1CN1CCC(CNS(=O)(=O)c2cccc(Cl)c2C)CC1. The molecule has 152 valence electrons. The van der Waals surface area contributed by atoms with Crippen LogP contribution in [0.25, 0.3) is 0 Å². The second kappa shape index (κ2) is 9.63. The standard InChI is InChI=1S/C21H27ClN2O2S2/c1-16-19(22)7-5-9-21(16)28(25,26)23-14-17-10-12-24(13-11-17)15-18-6-3-4-8-20(18)27-2/h3-9,17,23H,10-15H2,1-2H3. The first-order chi connectivity index (χ1) is 13.4. The summed E-state index contributed by atoms with van der Waals surface area (Å²) >= 11 is 7.86. The quantitative estimate of drug-likeness (QED) is 0.643. The van der Waals surface area contributed by atoms with Crippen LogP contribution in [-0.4, -0.2) is 39.2 Å². The number of nitrogens with one attached hydrogen (secondary N) is 1. The Bertz CT molecular complexity index is 910. The number of thioether (sulfide) groups is 1. The molecule has 2 aromatic rings. The van der Waals surface area contributed by atoms with Crippen LogP contribution in [0.15, 0.2) is 52.3 Å². The van der Waals surface area contributed by atoms with Gasteiger partial charge in [-0.25, -0.2) is 13.1 Å². The van der Waals surface area contributed by atoms with Gasteiger partial charge in [-0.1, -0.05) is 35.9 Å². The molecular weight excluding hydrogens is 412 g/mol. The Morgan fingerprint density at radius 3 is 2.57 bits per heavy atom. The van der Waals surface area contributed by atoms with E-state index in [0.29, 0.717) is 23.0 Å². The lowest BCUT2D eigenvalue weighted by molar-refractivity contribution is 0.177. The number of likely N-dealkylation sites (tertiary alicyclic amines) is 1. The maximum Gasteiger partial charge on any atom is 0.240 e. The summed E-state index contributed by atoms with van der Waals surface area (Å²) in [6.45, 7) is 5.15. The van der Waals surface area contributed by atoms with E-state index in [4.69, 9.17) is 11.6 Å². The third-order valence-corrected chi connectivity index (χ3v) is 8.18. The molecule has 0 amide bonds. The fourth-order valence-corrected chi connectivity index (χ4v) is 5.83. The van der Waals surface area contributed by atoms with Crippen molar-refractivity contribution in [2.24, 2.45) is 5.92 Å². The first kappa shape index (κ1) is 21.7. The molecule has 2 aromatic carbocycles. The van der Waals surface area contributed by atoms with E-state index < -0.39 is 10.0 Å². The van der Waals surface area contributed by atoms with Crippen molar-refractivity contribution >= 4 is 33.4 Å². The van der Waals surface area contributed by atoms with Gasteiger partial charge in [0.1, 0.15) is 0 Å². The van der Waals surface area contributed by atoms with Gasteiger partial charge in [-0.3, -0.25) is 4.90 Å². The fourth-order valence-electron chi connectivity index (χ4n) is 3.61. The predicted molar refractivity (Wildman–Crippen MR) is 118 cm³/mol. The molecule has 4 nitrogen and oxygen atoms in total. The lowest BCUT2D eigenvalue weighted by atomic mass is 9.97. The summed E-state index contributed by atoms with van der Waals surface area (Å²) in [5.41, 5.74) is 1.96. The third kappa shape index (κ3) is 5.30. The Balaban J connectivity index is 1.52. The van der Waals surface area contributed by atoms with Crippen LogP contribution in [0.3, 0.4) is 0 Å². The van der Waals surface area contributed by atoms with Crippen molar-refractivity contribution in [1.29, 1.82) is 0 Å². The van der Waals surface area contributed by atoms with Crippen molar-refractivity contribution < 1.29 is 8.42 Å². The first-order valence-corrected chi connectivity index (χ1v) is 12.6. The summed E-state index contributed by atoms with van der Waals surface area (Å²) in [7, 11) is -3.53. The van der Waals surface area contributed by atoms with Gasteiger partial charge < -0.3 is 0 Å². The molecule has 0 aromatic heterocycles. The number of halogens is 1. The fraction of sp³-hybridized carbons (Fsp3) is 0.429. The van der Waals surface area contributed by atoms with Crippen LogP contribution in [-0.2, 0) is 16.6 Å². The Hall–Kier alpha value is -1.05. The van der Waals surface area contributed by atoms with E-state index >= 15 is 0 Å². The van der Waals surface area contributed by atoms with Crippen molar-refractivity contribution in [2.75, 3.05) is 25.9 Å². The van der Waals surface area contributed by atoms with Gasteiger partial charge in [-0.05, 0) is 74.4 Å². The van der Waals surface area contributed by atoms with E-state index in [0.717, 1.165) is 32.5 Å². The summed E-state index contributed by atoms with van der Waals surface area (Å²) in [5.74, 6) is 0.362. The molecule has 1 heterocycles. The molecule has 0 spiro atoms. The second-order valence-corrected chi connectivity index (χ2v) is 10.2. The Kier molecular flexibility index (Phi) is 7.45. The minimum Gasteiger partial charge on any atom is -0.299 e. The zero-order valence-corrected chi connectivity index (χ0v) is 18.7. The first-order valence-electron chi connectivity index (χ1n) is 9.49. The second-order valence-electron chi connectivity index (χ2n) is 7.25. The van der Waals surface area contributed by atoms with Gasteiger partial charge >= 0.3 is 0 Å². The summed E-state index contributed by atoms with van der Waals surface area (Å²) in [6.07, 6.45) is 4.11. The zero-order valence-electron chi connectivity index (χ0n) is 16.3. The molecule has 0 unspecified atom stereocenters. The highest BCUT2D eigenvalue weighted by molar-refractivity contribution is 7.98. The van der Waals surface area contributed by atoms with E-state index in [1.54, 1.807) is 36.9 Å². The summed E-state index contributed by atoms with van der Waals surface area (Å²) < 4.78 is 28.1. The van der Waals surface area contributed by atoms with Crippen LogP contribution in [0.1, 0.15) is 24.0 Å². The highest BCUT2D eigenvalue weighted by Gasteiger charge is 2.23. The number of nitrogens with zero attached hydrogens (tertiary/aromatic N) is 1. The smallest absolute Gasteiger partial charge is 0.240 e. The molecule has 7 heteroatoms. The number of sulfonamides is 1. The van der Waals surface area contributed by atoms with Crippen LogP contribution in [0.2, 0.25) is 5.02 Å². The summed E-state index contributed by atoms with van der Waals surface area (Å²) in [6, 6.07) is 13.5. The summed E-state index contributed by atoms with van der Waals surface area (Å²) in [4.78, 5) is 4.06. The minimum atomic E-state index is -3.53. The van der Waals surface area contributed by atoms with Gasteiger partial charge in [0.25, 0.3) is 0 Å². The largest absolute Gasteiger partial charge is 0.299 e. The molecule has 1 aliphatic rings. The van der Waals surface area contributed by atoms with Crippen molar-refractivity contribution in [1.82, 2.24) is 9.62 Å². The molecule has 1 fully saturated rings. The number of piperidine rings is 1. The van der Waals surface area contributed by atoms with Crippen LogP contribution >= 0.6 is 23.4 Å². The van der Waals surface area contributed by atoms with Gasteiger partial charge in [0.15, 0.2) is 0 Å². The predicted octanol–water partition coefficient (Wildman–Crippen LogP) is 4.56. The average molecular weight is 439 g/mol. The molecule has 0 saturated carbocycles. The Morgan fingerprint density at radius 2 is 1.86 bits per heavy atom. The van der Waals surface area contributed by atoms with Gasteiger partial charge in [-0.2, -0.15) is 0 Å². The van der Waals surface area contributed by atoms with Crippen LogP contribution in [0, 0.1) is 12.8 Å². The molecule has 3 rings (SSSR count). The maximum atomic E-state index is 12.6. The van der Waals surface area contributed by atoms with E-state index in [2.05, 4.69) is 40.1 Å². The highest BCUT2D eigenvalue weighted by atomic mass is 35.5. The van der Waals surface area contributed by atoms with E-state index in [1.807, 2.05) is 0 Å². The van der Waals surface area contributed by atoms with Gasteiger partial charge in [-0.15, -0.1) is 11.8 Å².